The van der Waals surface area contributed by atoms with E-state index in [9.17, 15) is 9.90 Å². The Morgan fingerprint density at radius 3 is 2.19 bits per heavy atom. The van der Waals surface area contributed by atoms with Crippen molar-refractivity contribution in [2.24, 2.45) is 5.92 Å². The van der Waals surface area contributed by atoms with E-state index in [2.05, 4.69) is 34.4 Å². The fourth-order valence-corrected chi connectivity index (χ4v) is 5.73. The number of nitrogens with one attached hydrogen (secondary N) is 1. The SMILES string of the molecule is CN1CCCC1.Cc1cc(-c2ccc3ncc(C(=O)C4CC4)c(NC4CCCCC4)c3c2)cc(C)c1O. The molecule has 0 radical (unpaired) electrons. The maximum Gasteiger partial charge on any atom is 0.169 e. The number of aromatic hydroxyl groups is 1. The number of carbonyl (C=O) groups is 1. The molecule has 3 aliphatic rings. The second-order valence-corrected chi connectivity index (χ2v) is 11.4. The zero-order chi connectivity index (χ0) is 25.9. The molecule has 1 aliphatic heterocycles. The molecule has 2 saturated carbocycles. The minimum atomic E-state index is 0.164. The summed E-state index contributed by atoms with van der Waals surface area (Å²) in [6.45, 7) is 6.49. The predicted molar refractivity (Wildman–Crippen MR) is 153 cm³/mol. The van der Waals surface area contributed by atoms with Gasteiger partial charge in [-0.1, -0.05) is 25.3 Å². The first kappa shape index (κ1) is 25.7. The van der Waals surface area contributed by atoms with Gasteiger partial charge in [-0.25, -0.2) is 0 Å². The van der Waals surface area contributed by atoms with Crippen LogP contribution in [-0.2, 0) is 0 Å². The number of hydrogen-bond acceptors (Lipinski definition) is 5. The number of carbonyl (C=O) groups excluding carboxylic acids is 1. The Hall–Kier alpha value is -2.92. The highest BCUT2D eigenvalue weighted by Crippen LogP contribution is 2.39. The van der Waals surface area contributed by atoms with Crippen LogP contribution < -0.4 is 5.32 Å². The largest absolute Gasteiger partial charge is 0.507 e. The quantitative estimate of drug-likeness (QED) is 0.361. The first-order valence-electron chi connectivity index (χ1n) is 14.1. The lowest BCUT2D eigenvalue weighted by atomic mass is 9.93. The number of rotatable bonds is 5. The molecule has 2 aromatic carbocycles. The summed E-state index contributed by atoms with van der Waals surface area (Å²) in [7, 11) is 2.17. The van der Waals surface area contributed by atoms with Crippen molar-refractivity contribution >= 4 is 22.4 Å². The Morgan fingerprint density at radius 2 is 1.59 bits per heavy atom. The molecule has 0 spiro atoms. The van der Waals surface area contributed by atoms with Crippen molar-refractivity contribution in [3.05, 3.63) is 53.2 Å². The Labute approximate surface area is 221 Å². The summed E-state index contributed by atoms with van der Waals surface area (Å²) in [4.78, 5) is 20.1. The number of phenolic OH excluding ortho intramolecular Hbond substituents is 1. The van der Waals surface area contributed by atoms with Gasteiger partial charge >= 0.3 is 0 Å². The summed E-state index contributed by atoms with van der Waals surface area (Å²) >= 11 is 0. The summed E-state index contributed by atoms with van der Waals surface area (Å²) in [5, 5.41) is 15.0. The topological polar surface area (TPSA) is 65.5 Å². The van der Waals surface area contributed by atoms with Gasteiger partial charge in [0.05, 0.1) is 16.8 Å². The number of aryl methyl sites for hydroxylation is 2. The summed E-state index contributed by atoms with van der Waals surface area (Å²) < 4.78 is 0. The zero-order valence-corrected chi connectivity index (χ0v) is 22.6. The summed E-state index contributed by atoms with van der Waals surface area (Å²) in [6, 6.07) is 10.7. The number of aromatic nitrogens is 1. The van der Waals surface area contributed by atoms with Crippen molar-refractivity contribution in [1.29, 1.82) is 0 Å². The van der Waals surface area contributed by atoms with Crippen LogP contribution in [0.4, 0.5) is 5.69 Å². The lowest BCUT2D eigenvalue weighted by molar-refractivity contribution is 0.0968. The number of likely N-dealkylation sites (tertiary alicyclic amines) is 1. The smallest absolute Gasteiger partial charge is 0.169 e. The van der Waals surface area contributed by atoms with Crippen molar-refractivity contribution in [2.45, 2.75) is 77.7 Å². The molecule has 2 aliphatic carbocycles. The Kier molecular flexibility index (Phi) is 7.80. The molecule has 196 valence electrons. The molecule has 6 rings (SSSR count). The van der Waals surface area contributed by atoms with Crippen LogP contribution in [0, 0.1) is 19.8 Å². The highest BCUT2D eigenvalue weighted by molar-refractivity contribution is 6.10. The first-order valence-corrected chi connectivity index (χ1v) is 14.1. The zero-order valence-electron chi connectivity index (χ0n) is 22.6. The Balaban J connectivity index is 0.000000412. The van der Waals surface area contributed by atoms with E-state index in [0.717, 1.165) is 70.1 Å². The van der Waals surface area contributed by atoms with Gasteiger partial charge in [-0.05, 0) is 119 Å². The number of anilines is 1. The highest BCUT2D eigenvalue weighted by Gasteiger charge is 2.33. The number of ketones is 1. The molecule has 5 heteroatoms. The molecule has 0 unspecified atom stereocenters. The fourth-order valence-electron chi connectivity index (χ4n) is 5.73. The van der Waals surface area contributed by atoms with Crippen molar-refractivity contribution in [3.8, 4) is 16.9 Å². The molecule has 37 heavy (non-hydrogen) atoms. The van der Waals surface area contributed by atoms with Crippen LogP contribution in [0.25, 0.3) is 22.0 Å². The van der Waals surface area contributed by atoms with Crippen LogP contribution in [0.3, 0.4) is 0 Å². The molecule has 2 heterocycles. The van der Waals surface area contributed by atoms with Gasteiger partial charge in [0.1, 0.15) is 5.75 Å². The monoisotopic (exact) mass is 499 g/mol. The number of fused-ring (bicyclic) bond motifs is 1. The standard InChI is InChI=1S/C27H30N2O2.C5H11N/c1-16-12-20(13-17(2)26(16)30)19-10-11-24-22(14-19)25(29-21-6-4-3-5-7-21)23(15-28-24)27(31)18-8-9-18;1-6-4-2-3-5-6/h10-15,18,21,30H,3-9H2,1-2H3,(H,28,29);2-5H2,1H3. The minimum Gasteiger partial charge on any atom is -0.507 e. The van der Waals surface area contributed by atoms with Gasteiger partial charge in [0.2, 0.25) is 0 Å². The highest BCUT2D eigenvalue weighted by atomic mass is 16.3. The van der Waals surface area contributed by atoms with E-state index in [-0.39, 0.29) is 11.7 Å². The molecule has 0 amide bonds. The van der Waals surface area contributed by atoms with E-state index in [1.54, 1.807) is 6.20 Å². The molecule has 1 saturated heterocycles. The molecular formula is C32H41N3O2. The lowest BCUT2D eigenvalue weighted by Gasteiger charge is -2.26. The molecule has 5 nitrogen and oxygen atoms in total. The Morgan fingerprint density at radius 1 is 0.919 bits per heavy atom. The van der Waals surface area contributed by atoms with E-state index in [1.807, 2.05) is 32.0 Å². The van der Waals surface area contributed by atoms with Gasteiger partial charge in [-0.15, -0.1) is 0 Å². The number of pyridine rings is 1. The molecular weight excluding hydrogens is 458 g/mol. The molecule has 3 fully saturated rings. The van der Waals surface area contributed by atoms with E-state index >= 15 is 0 Å². The van der Waals surface area contributed by atoms with Gasteiger partial charge < -0.3 is 15.3 Å². The van der Waals surface area contributed by atoms with Crippen molar-refractivity contribution < 1.29 is 9.90 Å². The number of phenols is 1. The maximum absolute atomic E-state index is 13.1. The average molecular weight is 500 g/mol. The molecule has 0 atom stereocenters. The van der Waals surface area contributed by atoms with E-state index in [4.69, 9.17) is 0 Å². The van der Waals surface area contributed by atoms with Crippen molar-refractivity contribution in [3.63, 3.8) is 0 Å². The third kappa shape index (κ3) is 5.98. The fraction of sp³-hybridized carbons (Fsp3) is 0.500. The lowest BCUT2D eigenvalue weighted by Crippen LogP contribution is -2.24. The minimum absolute atomic E-state index is 0.164. The first-order chi connectivity index (χ1) is 17.9. The Bertz CT molecular complexity index is 1250. The molecule has 2 N–H and O–H groups in total. The van der Waals surface area contributed by atoms with Gasteiger partial charge in [-0.2, -0.15) is 0 Å². The van der Waals surface area contributed by atoms with Crippen LogP contribution in [0.5, 0.6) is 5.75 Å². The van der Waals surface area contributed by atoms with E-state index < -0.39 is 0 Å². The van der Waals surface area contributed by atoms with Crippen LogP contribution in [0.2, 0.25) is 0 Å². The van der Waals surface area contributed by atoms with Crippen LogP contribution >= 0.6 is 0 Å². The van der Waals surface area contributed by atoms with Gasteiger partial charge in [0, 0.05) is 23.5 Å². The molecule has 3 aromatic rings. The van der Waals surface area contributed by atoms with Crippen LogP contribution in [-0.4, -0.2) is 47.0 Å². The number of Topliss-reactive ketones (excluding diaryl/α,β-unsaturated/α-hetero) is 1. The normalized spacial score (nSPS) is 18.5. The van der Waals surface area contributed by atoms with Gasteiger partial charge in [-0.3, -0.25) is 9.78 Å². The maximum atomic E-state index is 13.1. The molecule has 0 bridgehead atoms. The second-order valence-electron chi connectivity index (χ2n) is 11.4. The third-order valence-electron chi connectivity index (χ3n) is 8.19. The van der Waals surface area contributed by atoms with E-state index in [0.29, 0.717) is 11.8 Å². The van der Waals surface area contributed by atoms with Gasteiger partial charge in [0.15, 0.2) is 5.78 Å². The van der Waals surface area contributed by atoms with Crippen LogP contribution in [0.1, 0.15) is 79.3 Å². The van der Waals surface area contributed by atoms with Crippen molar-refractivity contribution in [1.82, 2.24) is 9.88 Å². The number of nitrogens with zero attached hydrogens (tertiary/aromatic N) is 2. The van der Waals surface area contributed by atoms with E-state index in [1.165, 1.54) is 45.2 Å². The molecule has 1 aromatic heterocycles. The summed E-state index contributed by atoms with van der Waals surface area (Å²) in [5.74, 6) is 0.745. The van der Waals surface area contributed by atoms with Crippen LogP contribution in [0.15, 0.2) is 36.5 Å². The predicted octanol–water partition coefficient (Wildman–Crippen LogP) is 7.27. The number of benzene rings is 2. The van der Waals surface area contributed by atoms with Crippen molar-refractivity contribution in [2.75, 3.05) is 25.5 Å². The average Bonchev–Trinajstić information content (AvgIpc) is 3.66. The third-order valence-corrected chi connectivity index (χ3v) is 8.19. The number of hydrogen-bond donors (Lipinski definition) is 2. The summed E-state index contributed by atoms with van der Waals surface area (Å²) in [6.07, 6.45) is 12.7. The second kappa shape index (κ2) is 11.2. The summed E-state index contributed by atoms with van der Waals surface area (Å²) in [5.41, 5.74) is 6.48. The van der Waals surface area contributed by atoms with Gasteiger partial charge in [0.25, 0.3) is 0 Å².